The minimum atomic E-state index is -1.11. The summed E-state index contributed by atoms with van der Waals surface area (Å²) < 4.78 is 0. The van der Waals surface area contributed by atoms with Crippen LogP contribution >= 0.6 is 0 Å². The van der Waals surface area contributed by atoms with Crippen LogP contribution in [0.25, 0.3) is 0 Å². The third-order valence-electron chi connectivity index (χ3n) is 2.67. The number of amides is 1. The first-order valence-corrected chi connectivity index (χ1v) is 6.52. The number of nitrogens with zero attached hydrogens (tertiary/aromatic N) is 1. The molecule has 1 rings (SSSR count). The molecule has 2 N–H and O–H groups in total. The highest BCUT2D eigenvalue weighted by Gasteiger charge is 2.27. The molecular formula is C15H22N2O3. The molecule has 0 atom stereocenters. The van der Waals surface area contributed by atoms with Crippen LogP contribution in [0, 0.1) is 5.41 Å². The third kappa shape index (κ3) is 4.99. The van der Waals surface area contributed by atoms with Gasteiger partial charge in [0.2, 0.25) is 0 Å². The maximum atomic E-state index is 12.1. The number of rotatable bonds is 4. The molecule has 1 amide bonds. The van der Waals surface area contributed by atoms with Crippen molar-refractivity contribution in [1.82, 2.24) is 10.3 Å². The molecule has 0 saturated heterocycles. The van der Waals surface area contributed by atoms with Crippen LogP contribution in [0.1, 0.15) is 61.9 Å². The van der Waals surface area contributed by atoms with Crippen LogP contribution in [0.2, 0.25) is 0 Å². The van der Waals surface area contributed by atoms with Gasteiger partial charge in [-0.3, -0.25) is 4.79 Å². The lowest BCUT2D eigenvalue weighted by Crippen LogP contribution is -2.45. The maximum Gasteiger partial charge on any atom is 0.354 e. The molecule has 0 saturated carbocycles. The smallest absolute Gasteiger partial charge is 0.354 e. The van der Waals surface area contributed by atoms with E-state index in [0.717, 1.165) is 6.42 Å². The fourth-order valence-electron chi connectivity index (χ4n) is 2.40. The van der Waals surface area contributed by atoms with Gasteiger partial charge in [-0.1, -0.05) is 20.8 Å². The van der Waals surface area contributed by atoms with Crippen molar-refractivity contribution >= 4 is 11.9 Å². The molecule has 0 spiro atoms. The molecule has 0 radical (unpaired) electrons. The van der Waals surface area contributed by atoms with Gasteiger partial charge in [-0.2, -0.15) is 0 Å². The maximum absolute atomic E-state index is 12.1. The minimum absolute atomic E-state index is 0.0736. The Morgan fingerprint density at radius 1 is 1.20 bits per heavy atom. The van der Waals surface area contributed by atoms with Gasteiger partial charge in [0, 0.05) is 11.7 Å². The Morgan fingerprint density at radius 2 is 1.80 bits per heavy atom. The van der Waals surface area contributed by atoms with Crippen LogP contribution in [0.3, 0.4) is 0 Å². The van der Waals surface area contributed by atoms with Crippen molar-refractivity contribution in [2.24, 2.45) is 5.41 Å². The van der Waals surface area contributed by atoms with Gasteiger partial charge in [-0.05, 0) is 37.8 Å². The van der Waals surface area contributed by atoms with Gasteiger partial charge in [0.1, 0.15) is 5.69 Å². The van der Waals surface area contributed by atoms with Crippen molar-refractivity contribution in [1.29, 1.82) is 0 Å². The number of carboxylic acid groups (broad SMARTS) is 1. The van der Waals surface area contributed by atoms with E-state index in [1.165, 1.54) is 18.3 Å². The quantitative estimate of drug-likeness (QED) is 0.887. The zero-order valence-electron chi connectivity index (χ0n) is 12.7. The summed E-state index contributed by atoms with van der Waals surface area (Å²) in [5.74, 6) is -1.35. The molecule has 1 heterocycles. The summed E-state index contributed by atoms with van der Waals surface area (Å²) in [6.45, 7) is 10.3. The monoisotopic (exact) mass is 278 g/mol. The summed E-state index contributed by atoms with van der Waals surface area (Å²) in [6.07, 6.45) is 2.11. The van der Waals surface area contributed by atoms with E-state index in [4.69, 9.17) is 5.11 Å². The first kappa shape index (κ1) is 16.1. The summed E-state index contributed by atoms with van der Waals surface area (Å²) in [6, 6.07) is 2.80. The van der Waals surface area contributed by atoms with E-state index in [-0.39, 0.29) is 22.6 Å². The second-order valence-corrected chi connectivity index (χ2v) is 6.81. The first-order valence-electron chi connectivity index (χ1n) is 6.52. The number of pyridine rings is 1. The van der Waals surface area contributed by atoms with Crippen LogP contribution < -0.4 is 5.32 Å². The van der Waals surface area contributed by atoms with Crippen molar-refractivity contribution in [3.8, 4) is 0 Å². The molecule has 5 heteroatoms. The molecule has 1 aromatic heterocycles. The zero-order chi connectivity index (χ0) is 15.6. The van der Waals surface area contributed by atoms with Crippen molar-refractivity contribution in [3.05, 3.63) is 29.6 Å². The van der Waals surface area contributed by atoms with Gasteiger partial charge in [-0.15, -0.1) is 0 Å². The molecule has 0 aliphatic carbocycles. The number of aromatic nitrogens is 1. The molecule has 20 heavy (non-hydrogen) atoms. The average Bonchev–Trinajstić information content (AvgIpc) is 2.24. The first-order chi connectivity index (χ1) is 9.00. The van der Waals surface area contributed by atoms with Gasteiger partial charge < -0.3 is 10.4 Å². The molecule has 0 fully saturated rings. The van der Waals surface area contributed by atoms with Crippen LogP contribution in [-0.4, -0.2) is 27.5 Å². The van der Waals surface area contributed by atoms with Gasteiger partial charge in [0.25, 0.3) is 5.91 Å². The molecule has 0 bridgehead atoms. The third-order valence-corrected chi connectivity index (χ3v) is 2.67. The fourth-order valence-corrected chi connectivity index (χ4v) is 2.40. The lowest BCUT2D eigenvalue weighted by Gasteiger charge is -2.33. The molecule has 0 aromatic carbocycles. The molecule has 1 aromatic rings. The van der Waals surface area contributed by atoms with Gasteiger partial charge in [0.05, 0.1) is 5.56 Å². The van der Waals surface area contributed by atoms with Crippen LogP contribution in [0.15, 0.2) is 18.3 Å². The number of hydrogen-bond acceptors (Lipinski definition) is 3. The normalized spacial score (nSPS) is 12.1. The largest absolute Gasteiger partial charge is 0.477 e. The second kappa shape index (κ2) is 5.61. The lowest BCUT2D eigenvalue weighted by atomic mass is 9.81. The Labute approximate surface area is 119 Å². The Morgan fingerprint density at radius 3 is 2.20 bits per heavy atom. The summed E-state index contributed by atoms with van der Waals surface area (Å²) in [5.41, 5.74) is 0.0377. The van der Waals surface area contributed by atoms with E-state index in [1.54, 1.807) is 0 Å². The zero-order valence-corrected chi connectivity index (χ0v) is 12.7. The highest BCUT2D eigenvalue weighted by molar-refractivity contribution is 5.95. The SMILES string of the molecule is CC(C)(C)CC(C)(C)NC(=O)c1ccc(C(=O)O)nc1. The molecular weight excluding hydrogens is 256 g/mol. The van der Waals surface area contributed by atoms with Crippen LogP contribution in [0.5, 0.6) is 0 Å². The van der Waals surface area contributed by atoms with Gasteiger partial charge in [0.15, 0.2) is 0 Å². The summed E-state index contributed by atoms with van der Waals surface area (Å²) in [4.78, 5) is 26.6. The number of carboxylic acids is 1. The van der Waals surface area contributed by atoms with E-state index < -0.39 is 5.97 Å². The highest BCUT2D eigenvalue weighted by Crippen LogP contribution is 2.26. The van der Waals surface area contributed by atoms with Crippen molar-refractivity contribution in [2.75, 3.05) is 0 Å². The van der Waals surface area contributed by atoms with E-state index in [0.29, 0.717) is 5.56 Å². The van der Waals surface area contributed by atoms with Crippen LogP contribution in [-0.2, 0) is 0 Å². The number of nitrogens with one attached hydrogen (secondary N) is 1. The van der Waals surface area contributed by atoms with Crippen LogP contribution in [0.4, 0.5) is 0 Å². The fraction of sp³-hybridized carbons (Fsp3) is 0.533. The molecule has 110 valence electrons. The minimum Gasteiger partial charge on any atom is -0.477 e. The Balaban J connectivity index is 2.78. The second-order valence-electron chi connectivity index (χ2n) is 6.81. The predicted octanol–water partition coefficient (Wildman–Crippen LogP) is 2.72. The van der Waals surface area contributed by atoms with Crippen molar-refractivity contribution < 1.29 is 14.7 Å². The summed E-state index contributed by atoms with van der Waals surface area (Å²) in [5, 5.41) is 11.7. The number of carbonyl (C=O) groups excluding carboxylic acids is 1. The van der Waals surface area contributed by atoms with Crippen molar-refractivity contribution in [3.63, 3.8) is 0 Å². The van der Waals surface area contributed by atoms with Gasteiger partial charge in [-0.25, -0.2) is 9.78 Å². The van der Waals surface area contributed by atoms with E-state index in [2.05, 4.69) is 31.1 Å². The number of hydrogen-bond donors (Lipinski definition) is 2. The lowest BCUT2D eigenvalue weighted by molar-refractivity contribution is 0.0689. The summed E-state index contributed by atoms with van der Waals surface area (Å²) in [7, 11) is 0. The van der Waals surface area contributed by atoms with E-state index >= 15 is 0 Å². The Kier molecular flexibility index (Phi) is 4.53. The molecule has 0 aliphatic rings. The molecule has 5 nitrogen and oxygen atoms in total. The molecule has 0 aliphatic heterocycles. The van der Waals surface area contributed by atoms with Crippen molar-refractivity contribution in [2.45, 2.75) is 46.6 Å². The number of carbonyl (C=O) groups is 2. The Bertz CT molecular complexity index is 499. The topological polar surface area (TPSA) is 79.3 Å². The number of aromatic carboxylic acids is 1. The van der Waals surface area contributed by atoms with E-state index in [1.807, 2.05) is 13.8 Å². The average molecular weight is 278 g/mol. The standard InChI is InChI=1S/C15H22N2O3/c1-14(2,3)9-15(4,5)17-12(18)10-6-7-11(13(19)20)16-8-10/h6-8H,9H2,1-5H3,(H,17,18)(H,19,20). The predicted molar refractivity (Wildman–Crippen MR) is 76.8 cm³/mol. The van der Waals surface area contributed by atoms with E-state index in [9.17, 15) is 9.59 Å². The van der Waals surface area contributed by atoms with Gasteiger partial charge >= 0.3 is 5.97 Å². The Hall–Kier alpha value is -1.91. The highest BCUT2D eigenvalue weighted by atomic mass is 16.4. The summed E-state index contributed by atoms with van der Waals surface area (Å²) >= 11 is 0. The molecule has 0 unspecified atom stereocenters.